The van der Waals surface area contributed by atoms with E-state index in [-0.39, 0.29) is 18.8 Å². The van der Waals surface area contributed by atoms with Gasteiger partial charge in [0.15, 0.2) is 0 Å². The van der Waals surface area contributed by atoms with Gasteiger partial charge in [-0.1, -0.05) is 23.2 Å². The third-order valence-electron chi connectivity index (χ3n) is 5.54. The second kappa shape index (κ2) is 8.86. The number of pyridine rings is 1. The molecule has 1 aliphatic heterocycles. The number of carbonyl (C=O) groups is 1. The normalized spacial score (nSPS) is 17.2. The van der Waals surface area contributed by atoms with Crippen LogP contribution in [-0.4, -0.2) is 70.3 Å². The van der Waals surface area contributed by atoms with Gasteiger partial charge < -0.3 is 14.6 Å². The van der Waals surface area contributed by atoms with Crippen LogP contribution in [0.2, 0.25) is 10.0 Å². The molecule has 0 spiro atoms. The summed E-state index contributed by atoms with van der Waals surface area (Å²) in [6.07, 6.45) is 5.93. The van der Waals surface area contributed by atoms with Gasteiger partial charge in [-0.3, -0.25) is 4.79 Å². The number of fused-ring (bicyclic) bond motifs is 1. The van der Waals surface area contributed by atoms with Crippen molar-refractivity contribution >= 4 is 55.9 Å². The molecule has 1 saturated heterocycles. The van der Waals surface area contributed by atoms with E-state index >= 15 is 0 Å². The zero-order chi connectivity index (χ0) is 23.0. The molecule has 2 aromatic heterocycles. The SMILES string of the molecule is CN(CCS(=O)(=O)N1CCCC1C(=O)O)c1cc(-n2ccnc2)c2ccc(Cl)c(Cl)c2n1. The first kappa shape index (κ1) is 22.8. The number of imidazole rings is 1. The Hall–Kier alpha value is -2.40. The molecule has 12 heteroatoms. The Morgan fingerprint density at radius 2 is 2.12 bits per heavy atom. The average Bonchev–Trinajstić information content (AvgIpc) is 3.46. The highest BCUT2D eigenvalue weighted by atomic mass is 35.5. The summed E-state index contributed by atoms with van der Waals surface area (Å²) in [5, 5.41) is 10.7. The molecule has 4 rings (SSSR count). The molecule has 0 aliphatic carbocycles. The molecule has 1 fully saturated rings. The maximum atomic E-state index is 12.8. The fourth-order valence-corrected chi connectivity index (χ4v) is 5.91. The number of hydrogen-bond donors (Lipinski definition) is 1. The van der Waals surface area contributed by atoms with Crippen LogP contribution in [0.25, 0.3) is 16.6 Å². The molecule has 0 amide bonds. The molecule has 170 valence electrons. The number of aliphatic carboxylic acids is 1. The van der Waals surface area contributed by atoms with Gasteiger partial charge in [-0.15, -0.1) is 0 Å². The van der Waals surface area contributed by atoms with Crippen LogP contribution in [0.4, 0.5) is 5.82 Å². The molecule has 1 aromatic carbocycles. The Morgan fingerprint density at radius 1 is 1.34 bits per heavy atom. The van der Waals surface area contributed by atoms with Crippen molar-refractivity contribution in [3.63, 3.8) is 0 Å². The number of sulfonamides is 1. The minimum atomic E-state index is -3.75. The monoisotopic (exact) mass is 497 g/mol. The zero-order valence-electron chi connectivity index (χ0n) is 17.1. The number of rotatable bonds is 7. The summed E-state index contributed by atoms with van der Waals surface area (Å²) in [6.45, 7) is 0.335. The van der Waals surface area contributed by atoms with Gasteiger partial charge in [-0.25, -0.2) is 18.4 Å². The molecule has 1 unspecified atom stereocenters. The summed E-state index contributed by atoms with van der Waals surface area (Å²) in [5.41, 5.74) is 1.25. The van der Waals surface area contributed by atoms with Gasteiger partial charge in [0.25, 0.3) is 0 Å². The summed E-state index contributed by atoms with van der Waals surface area (Å²) >= 11 is 12.6. The third-order valence-corrected chi connectivity index (χ3v) is 8.19. The topological polar surface area (TPSA) is 109 Å². The molecule has 3 aromatic rings. The highest BCUT2D eigenvalue weighted by Gasteiger charge is 2.38. The second-order valence-electron chi connectivity index (χ2n) is 7.57. The maximum Gasteiger partial charge on any atom is 0.322 e. The van der Waals surface area contributed by atoms with E-state index < -0.39 is 22.0 Å². The molecule has 0 radical (unpaired) electrons. The summed E-state index contributed by atoms with van der Waals surface area (Å²) in [7, 11) is -2.03. The number of carboxylic acid groups (broad SMARTS) is 1. The number of hydrogen-bond acceptors (Lipinski definition) is 6. The van der Waals surface area contributed by atoms with Gasteiger partial charge in [-0.05, 0) is 25.0 Å². The van der Waals surface area contributed by atoms with Crippen molar-refractivity contribution in [2.75, 3.05) is 30.8 Å². The minimum absolute atomic E-state index is 0.116. The van der Waals surface area contributed by atoms with Crippen LogP contribution in [0.5, 0.6) is 0 Å². The van der Waals surface area contributed by atoms with E-state index in [0.29, 0.717) is 34.2 Å². The Labute approximate surface area is 195 Å². The molecular weight excluding hydrogens is 477 g/mol. The van der Waals surface area contributed by atoms with E-state index in [4.69, 9.17) is 23.2 Å². The van der Waals surface area contributed by atoms with Gasteiger partial charge in [-0.2, -0.15) is 4.31 Å². The molecule has 1 aliphatic rings. The Kier molecular flexibility index (Phi) is 6.30. The van der Waals surface area contributed by atoms with Crippen molar-refractivity contribution < 1.29 is 18.3 Å². The van der Waals surface area contributed by atoms with Crippen LogP contribution in [0, 0.1) is 0 Å². The van der Waals surface area contributed by atoms with Gasteiger partial charge >= 0.3 is 5.97 Å². The van der Waals surface area contributed by atoms with Crippen LogP contribution in [0.15, 0.2) is 36.9 Å². The first-order valence-electron chi connectivity index (χ1n) is 9.89. The molecule has 9 nitrogen and oxygen atoms in total. The van der Waals surface area contributed by atoms with Gasteiger partial charge in [0, 0.05) is 44.0 Å². The Balaban J connectivity index is 1.65. The lowest BCUT2D eigenvalue weighted by Crippen LogP contribution is -2.43. The quantitative estimate of drug-likeness (QED) is 0.534. The average molecular weight is 498 g/mol. The highest BCUT2D eigenvalue weighted by molar-refractivity contribution is 7.89. The zero-order valence-corrected chi connectivity index (χ0v) is 19.5. The van der Waals surface area contributed by atoms with Gasteiger partial charge in [0.1, 0.15) is 11.9 Å². The van der Waals surface area contributed by atoms with E-state index in [1.54, 1.807) is 36.7 Å². The van der Waals surface area contributed by atoms with Crippen molar-refractivity contribution in [2.45, 2.75) is 18.9 Å². The summed E-state index contributed by atoms with van der Waals surface area (Å²) in [5.74, 6) is -0.861. The van der Waals surface area contributed by atoms with Crippen LogP contribution in [0.1, 0.15) is 12.8 Å². The lowest BCUT2D eigenvalue weighted by molar-refractivity contribution is -0.140. The lowest BCUT2D eigenvalue weighted by atomic mass is 10.1. The van der Waals surface area contributed by atoms with Crippen LogP contribution >= 0.6 is 23.2 Å². The molecule has 0 saturated carbocycles. The molecule has 1 atom stereocenters. The van der Waals surface area contributed by atoms with Crippen molar-refractivity contribution in [1.82, 2.24) is 18.8 Å². The maximum absolute atomic E-state index is 12.8. The lowest BCUT2D eigenvalue weighted by Gasteiger charge is -2.24. The van der Waals surface area contributed by atoms with Crippen molar-refractivity contribution in [3.8, 4) is 5.69 Å². The molecule has 0 bridgehead atoms. The number of anilines is 1. The highest BCUT2D eigenvalue weighted by Crippen LogP contribution is 2.34. The van der Waals surface area contributed by atoms with E-state index in [1.165, 1.54) is 0 Å². The van der Waals surface area contributed by atoms with Crippen molar-refractivity contribution in [1.29, 1.82) is 0 Å². The number of halogens is 2. The summed E-state index contributed by atoms with van der Waals surface area (Å²) in [4.78, 5) is 21.8. The predicted molar refractivity (Wildman–Crippen MR) is 123 cm³/mol. The second-order valence-corrected chi connectivity index (χ2v) is 10.4. The van der Waals surface area contributed by atoms with E-state index in [9.17, 15) is 18.3 Å². The van der Waals surface area contributed by atoms with Crippen LogP contribution in [-0.2, 0) is 14.8 Å². The first-order valence-corrected chi connectivity index (χ1v) is 12.3. The Bertz CT molecular complexity index is 1270. The van der Waals surface area contributed by atoms with Crippen molar-refractivity contribution in [2.24, 2.45) is 0 Å². The van der Waals surface area contributed by atoms with E-state index in [0.717, 1.165) is 15.4 Å². The number of nitrogens with zero attached hydrogens (tertiary/aromatic N) is 5. The summed E-state index contributed by atoms with van der Waals surface area (Å²) < 4.78 is 28.5. The van der Waals surface area contributed by atoms with Crippen LogP contribution in [0.3, 0.4) is 0 Å². The van der Waals surface area contributed by atoms with E-state index in [2.05, 4.69) is 9.97 Å². The first-order chi connectivity index (χ1) is 15.2. The Morgan fingerprint density at radius 3 is 2.81 bits per heavy atom. The predicted octanol–water partition coefficient (Wildman–Crippen LogP) is 3.04. The molecule has 3 heterocycles. The number of benzene rings is 1. The fraction of sp³-hybridized carbons (Fsp3) is 0.350. The number of aromatic nitrogens is 3. The van der Waals surface area contributed by atoms with Gasteiger partial charge in [0.05, 0.1) is 33.3 Å². The third kappa shape index (κ3) is 4.27. The largest absolute Gasteiger partial charge is 0.480 e. The molecule has 32 heavy (non-hydrogen) atoms. The fourth-order valence-electron chi connectivity index (χ4n) is 3.82. The minimum Gasteiger partial charge on any atom is -0.480 e. The smallest absolute Gasteiger partial charge is 0.322 e. The summed E-state index contributed by atoms with van der Waals surface area (Å²) in [6, 6.07) is 4.33. The molecular formula is C20H21Cl2N5O4S. The van der Waals surface area contributed by atoms with Gasteiger partial charge in [0.2, 0.25) is 10.0 Å². The molecule has 1 N–H and O–H groups in total. The van der Waals surface area contributed by atoms with Crippen LogP contribution < -0.4 is 4.90 Å². The number of carboxylic acids is 1. The standard InChI is InChI=1S/C20H21Cl2N5O4S/c1-25(9-10-32(30,31)27-7-2-3-15(27)20(28)29)17-11-16(26-8-6-23-12-26)13-4-5-14(21)18(22)19(13)24-17/h4-6,8,11-12,15H,2-3,7,9-10H2,1H3,(H,28,29). The van der Waals surface area contributed by atoms with E-state index in [1.807, 2.05) is 16.7 Å². The van der Waals surface area contributed by atoms with Crippen molar-refractivity contribution in [3.05, 3.63) is 47.0 Å².